The largest absolute Gasteiger partial charge is 0.321 e. The first-order valence-electron chi connectivity index (χ1n) is 5.56. The fraction of sp³-hybridized carbons (Fsp3) is 0.667. The first-order chi connectivity index (χ1) is 6.72. The van der Waals surface area contributed by atoms with Gasteiger partial charge in [0.25, 0.3) is 0 Å². The van der Waals surface area contributed by atoms with Gasteiger partial charge in [0, 0.05) is 4.88 Å². The molecule has 0 saturated heterocycles. The highest BCUT2D eigenvalue weighted by atomic mass is 32.1. The van der Waals surface area contributed by atoms with Crippen LogP contribution < -0.4 is 5.73 Å². The average Bonchev–Trinajstić information content (AvgIpc) is 2.46. The highest BCUT2D eigenvalue weighted by molar-refractivity contribution is 7.10. The summed E-state index contributed by atoms with van der Waals surface area (Å²) in [5.41, 5.74) is 7.92. The zero-order valence-electron chi connectivity index (χ0n) is 8.88. The molecule has 1 saturated carbocycles. The molecule has 14 heavy (non-hydrogen) atoms. The minimum atomic E-state index is -0.00521. The Bertz CT molecular complexity index is 295. The van der Waals surface area contributed by atoms with E-state index in [-0.39, 0.29) is 5.54 Å². The van der Waals surface area contributed by atoms with Gasteiger partial charge in [0.15, 0.2) is 0 Å². The number of nitrogens with two attached hydrogens (primary N) is 1. The number of aryl methyl sites for hydroxylation is 1. The zero-order valence-corrected chi connectivity index (χ0v) is 9.70. The predicted octanol–water partition coefficient (Wildman–Crippen LogP) is 3.56. The number of thiophene rings is 1. The van der Waals surface area contributed by atoms with Crippen LogP contribution in [0.1, 0.15) is 49.0 Å². The predicted molar refractivity (Wildman–Crippen MR) is 62.6 cm³/mol. The van der Waals surface area contributed by atoms with Crippen molar-refractivity contribution in [3.8, 4) is 0 Å². The summed E-state index contributed by atoms with van der Waals surface area (Å²) in [4.78, 5) is 1.43. The Morgan fingerprint density at radius 3 is 2.36 bits per heavy atom. The lowest BCUT2D eigenvalue weighted by molar-refractivity contribution is 0.391. The monoisotopic (exact) mass is 209 g/mol. The minimum absolute atomic E-state index is 0.00521. The van der Waals surface area contributed by atoms with Crippen molar-refractivity contribution in [3.63, 3.8) is 0 Å². The maximum absolute atomic E-state index is 6.54. The van der Waals surface area contributed by atoms with E-state index in [1.165, 1.54) is 49.0 Å². The fourth-order valence-corrected chi connectivity index (χ4v) is 3.57. The van der Waals surface area contributed by atoms with Crippen LogP contribution in [0.5, 0.6) is 0 Å². The molecule has 0 bridgehead atoms. The summed E-state index contributed by atoms with van der Waals surface area (Å²) in [7, 11) is 0. The molecular weight excluding hydrogens is 190 g/mol. The van der Waals surface area contributed by atoms with Crippen molar-refractivity contribution < 1.29 is 0 Å². The molecule has 1 aliphatic carbocycles. The number of hydrogen-bond donors (Lipinski definition) is 1. The van der Waals surface area contributed by atoms with Crippen LogP contribution in [0, 0.1) is 6.92 Å². The second kappa shape index (κ2) is 4.03. The van der Waals surface area contributed by atoms with E-state index in [2.05, 4.69) is 18.4 Å². The Hall–Kier alpha value is -0.340. The molecule has 0 radical (unpaired) electrons. The van der Waals surface area contributed by atoms with E-state index in [9.17, 15) is 0 Å². The highest BCUT2D eigenvalue weighted by Gasteiger charge is 2.30. The molecule has 0 spiro atoms. The van der Waals surface area contributed by atoms with Crippen LogP contribution in [-0.2, 0) is 5.54 Å². The van der Waals surface area contributed by atoms with Gasteiger partial charge in [-0.3, -0.25) is 0 Å². The van der Waals surface area contributed by atoms with E-state index < -0.39 is 0 Å². The molecule has 2 rings (SSSR count). The molecule has 1 aromatic heterocycles. The van der Waals surface area contributed by atoms with Gasteiger partial charge in [-0.2, -0.15) is 0 Å². The molecule has 0 unspecified atom stereocenters. The molecule has 2 N–H and O–H groups in total. The topological polar surface area (TPSA) is 26.0 Å². The van der Waals surface area contributed by atoms with Crippen molar-refractivity contribution in [1.29, 1.82) is 0 Å². The van der Waals surface area contributed by atoms with Crippen LogP contribution in [0.3, 0.4) is 0 Å². The summed E-state index contributed by atoms with van der Waals surface area (Å²) in [6, 6.07) is 2.19. The average molecular weight is 209 g/mol. The SMILES string of the molecule is Cc1ccsc1C1(N)CCCCCC1. The molecule has 1 nitrogen and oxygen atoms in total. The molecule has 1 fully saturated rings. The highest BCUT2D eigenvalue weighted by Crippen LogP contribution is 2.37. The molecule has 0 amide bonds. The van der Waals surface area contributed by atoms with Gasteiger partial charge in [0.2, 0.25) is 0 Å². The standard InChI is InChI=1S/C12H19NS/c1-10-6-9-14-11(10)12(13)7-4-2-3-5-8-12/h6,9H,2-5,7-8,13H2,1H3. The van der Waals surface area contributed by atoms with E-state index in [0.717, 1.165) is 0 Å². The van der Waals surface area contributed by atoms with Crippen molar-refractivity contribution in [2.45, 2.75) is 51.0 Å². The second-order valence-electron chi connectivity index (χ2n) is 4.50. The van der Waals surface area contributed by atoms with Crippen LogP contribution in [0.25, 0.3) is 0 Å². The van der Waals surface area contributed by atoms with E-state index in [0.29, 0.717) is 0 Å². The summed E-state index contributed by atoms with van der Waals surface area (Å²) < 4.78 is 0. The zero-order chi connectivity index (χ0) is 10.0. The second-order valence-corrected chi connectivity index (χ2v) is 5.42. The van der Waals surface area contributed by atoms with E-state index in [4.69, 9.17) is 5.73 Å². The molecule has 0 atom stereocenters. The minimum Gasteiger partial charge on any atom is -0.321 e. The quantitative estimate of drug-likeness (QED) is 0.703. The molecule has 1 aliphatic rings. The lowest BCUT2D eigenvalue weighted by Gasteiger charge is -2.27. The molecule has 2 heteroatoms. The summed E-state index contributed by atoms with van der Waals surface area (Å²) in [5.74, 6) is 0. The maximum Gasteiger partial charge on any atom is 0.0506 e. The van der Waals surface area contributed by atoms with Gasteiger partial charge in [-0.1, -0.05) is 25.7 Å². The van der Waals surface area contributed by atoms with Crippen molar-refractivity contribution in [2.24, 2.45) is 5.73 Å². The van der Waals surface area contributed by atoms with Crippen LogP contribution in [0.4, 0.5) is 0 Å². The van der Waals surface area contributed by atoms with Gasteiger partial charge in [0.1, 0.15) is 0 Å². The van der Waals surface area contributed by atoms with Crippen LogP contribution >= 0.6 is 11.3 Å². The van der Waals surface area contributed by atoms with Gasteiger partial charge >= 0.3 is 0 Å². The van der Waals surface area contributed by atoms with Crippen LogP contribution in [0.2, 0.25) is 0 Å². The molecule has 0 aliphatic heterocycles. The Labute approximate surface area is 90.3 Å². The van der Waals surface area contributed by atoms with Crippen molar-refractivity contribution in [3.05, 3.63) is 21.9 Å². The van der Waals surface area contributed by atoms with Gasteiger partial charge < -0.3 is 5.73 Å². The van der Waals surface area contributed by atoms with E-state index in [1.54, 1.807) is 0 Å². The smallest absolute Gasteiger partial charge is 0.0506 e. The first kappa shape index (κ1) is 10.2. The summed E-state index contributed by atoms with van der Waals surface area (Å²) in [6.07, 6.45) is 7.68. The lowest BCUT2D eigenvalue weighted by Crippen LogP contribution is -2.35. The van der Waals surface area contributed by atoms with Crippen LogP contribution in [0.15, 0.2) is 11.4 Å². The molecule has 0 aromatic carbocycles. The third-order valence-electron chi connectivity index (χ3n) is 3.31. The Balaban J connectivity index is 2.25. The van der Waals surface area contributed by atoms with Gasteiger partial charge in [0.05, 0.1) is 5.54 Å². The van der Waals surface area contributed by atoms with Gasteiger partial charge in [-0.05, 0) is 36.8 Å². The Kier molecular flexibility index (Phi) is 2.93. The summed E-state index contributed by atoms with van der Waals surface area (Å²) >= 11 is 1.84. The molecule has 78 valence electrons. The summed E-state index contributed by atoms with van der Waals surface area (Å²) in [6.45, 7) is 2.19. The van der Waals surface area contributed by atoms with Gasteiger partial charge in [-0.15, -0.1) is 11.3 Å². The third kappa shape index (κ3) is 1.86. The van der Waals surface area contributed by atoms with Crippen LogP contribution in [-0.4, -0.2) is 0 Å². The number of rotatable bonds is 1. The fourth-order valence-electron chi connectivity index (χ4n) is 2.47. The van der Waals surface area contributed by atoms with Crippen molar-refractivity contribution in [1.82, 2.24) is 0 Å². The molecular formula is C12H19NS. The third-order valence-corrected chi connectivity index (χ3v) is 4.55. The molecule has 1 heterocycles. The van der Waals surface area contributed by atoms with E-state index in [1.807, 2.05) is 11.3 Å². The first-order valence-corrected chi connectivity index (χ1v) is 6.44. The lowest BCUT2D eigenvalue weighted by atomic mass is 9.88. The normalized spacial score (nSPS) is 21.9. The van der Waals surface area contributed by atoms with Gasteiger partial charge in [-0.25, -0.2) is 0 Å². The van der Waals surface area contributed by atoms with Crippen molar-refractivity contribution >= 4 is 11.3 Å². The maximum atomic E-state index is 6.54. The van der Waals surface area contributed by atoms with E-state index >= 15 is 0 Å². The molecule has 1 aromatic rings. The number of hydrogen-bond acceptors (Lipinski definition) is 2. The van der Waals surface area contributed by atoms with Crippen molar-refractivity contribution in [2.75, 3.05) is 0 Å². The Morgan fingerprint density at radius 2 is 1.86 bits per heavy atom. The Morgan fingerprint density at radius 1 is 1.21 bits per heavy atom. The summed E-state index contributed by atoms with van der Waals surface area (Å²) in [5, 5.41) is 2.17.